The molecule has 0 bridgehead atoms. The summed E-state index contributed by atoms with van der Waals surface area (Å²) in [5.41, 5.74) is 3.71. The Kier molecular flexibility index (Phi) is 13.5. The maximum atomic E-state index is 14.3. The van der Waals surface area contributed by atoms with E-state index in [0.29, 0.717) is 33.7 Å². The van der Waals surface area contributed by atoms with Gasteiger partial charge in [-0.25, -0.2) is 8.78 Å². The monoisotopic (exact) mass is 656 g/mol. The van der Waals surface area contributed by atoms with Gasteiger partial charge in [0.05, 0.1) is 31.8 Å². The van der Waals surface area contributed by atoms with E-state index in [1.54, 1.807) is 54.2 Å². The second-order valence-corrected chi connectivity index (χ2v) is 11.3. The van der Waals surface area contributed by atoms with E-state index in [4.69, 9.17) is 9.84 Å². The van der Waals surface area contributed by atoms with Crippen molar-refractivity contribution < 1.29 is 69.4 Å². The van der Waals surface area contributed by atoms with Crippen molar-refractivity contribution in [2.45, 2.75) is 57.9 Å². The van der Waals surface area contributed by atoms with Crippen LogP contribution in [0.5, 0.6) is 5.75 Å². The summed E-state index contributed by atoms with van der Waals surface area (Å²) < 4.78 is 35.3. The summed E-state index contributed by atoms with van der Waals surface area (Å²) in [5.74, 6) is -1.86. The second-order valence-electron chi connectivity index (χ2n) is 11.3. The Morgan fingerprint density at radius 1 is 0.894 bits per heavy atom. The third-order valence-electron chi connectivity index (χ3n) is 7.60. The first-order valence-corrected chi connectivity index (χ1v) is 14.9. The minimum atomic E-state index is -1.28. The van der Waals surface area contributed by atoms with Crippen LogP contribution < -0.4 is 39.6 Å². The topological polar surface area (TPSA) is 121 Å². The first kappa shape index (κ1) is 37.7. The number of nitrogens with zero attached hydrogens (tertiary/aromatic N) is 1. The van der Waals surface area contributed by atoms with Gasteiger partial charge in [0.15, 0.2) is 0 Å². The van der Waals surface area contributed by atoms with Crippen LogP contribution >= 0.6 is 0 Å². The quantitative estimate of drug-likeness (QED) is 0.162. The summed E-state index contributed by atoms with van der Waals surface area (Å²) in [7, 11) is 1.57. The Labute approximate surface area is 296 Å². The summed E-state index contributed by atoms with van der Waals surface area (Å²) in [6.45, 7) is 5.62. The molecule has 1 heterocycles. The number of rotatable bonds is 13. The van der Waals surface area contributed by atoms with Gasteiger partial charge in [0.1, 0.15) is 23.1 Å². The first-order chi connectivity index (χ1) is 21.9. The van der Waals surface area contributed by atoms with Gasteiger partial charge in [0, 0.05) is 29.3 Å². The molecular weight excluding hydrogens is 617 g/mol. The summed E-state index contributed by atoms with van der Waals surface area (Å²) in [5, 5.41) is 32.9. The number of carbonyl (C=O) groups excluding carboxylic acids is 1. The zero-order valence-corrected chi connectivity index (χ0v) is 29.1. The van der Waals surface area contributed by atoms with Crippen LogP contribution in [0.1, 0.15) is 68.9 Å². The number of aliphatic hydroxyl groups excluding tert-OH is 2. The Balaban J connectivity index is 0.00000400. The molecule has 3 atom stereocenters. The van der Waals surface area contributed by atoms with Crippen molar-refractivity contribution in [3.63, 3.8) is 0 Å². The van der Waals surface area contributed by atoms with E-state index in [9.17, 15) is 28.6 Å². The number of carbonyl (C=O) groups is 2. The minimum Gasteiger partial charge on any atom is -1.00 e. The largest absolute Gasteiger partial charge is 1.00 e. The molecule has 0 fully saturated rings. The fourth-order valence-corrected chi connectivity index (χ4v) is 5.42. The number of aliphatic hydroxyl groups is 2. The van der Waals surface area contributed by atoms with Crippen LogP contribution in [0.3, 0.4) is 0 Å². The molecule has 0 aliphatic heterocycles. The van der Waals surface area contributed by atoms with E-state index < -0.39 is 48.2 Å². The summed E-state index contributed by atoms with van der Waals surface area (Å²) in [6, 6.07) is 18.0. The van der Waals surface area contributed by atoms with Gasteiger partial charge in [-0.1, -0.05) is 42.5 Å². The van der Waals surface area contributed by atoms with E-state index in [-0.39, 0.29) is 49.1 Å². The van der Waals surface area contributed by atoms with E-state index in [1.807, 2.05) is 32.9 Å². The number of aliphatic carboxylic acids is 1. The number of ether oxygens (including phenoxy) is 1. The molecule has 8 nitrogen and oxygen atoms in total. The number of hydrogen-bond acceptors (Lipinski definition) is 5. The van der Waals surface area contributed by atoms with Crippen LogP contribution in [0.4, 0.5) is 8.78 Å². The van der Waals surface area contributed by atoms with Gasteiger partial charge in [-0.15, -0.1) is 0 Å². The zero-order chi connectivity index (χ0) is 33.5. The van der Waals surface area contributed by atoms with E-state index in [1.165, 1.54) is 30.3 Å². The standard InChI is InChI=1S/C36H38F2N2O6.Na.H/c1-21(2)40-31(18-15-28(41)19-29(42)20-32(43)44)33(24-5-11-26(37)12-6-24)34(25-7-13-27(38)14-8-25)35(40)36(45)39-22(3)23-9-16-30(46-4)17-10-23;;/h5-18,21-22,28-29,41-42H,19-20H2,1-4H3,(H,39,45)(H,43,44);;/q;+1;-1/t22-,28-,29-;;/m1../s1. The number of amides is 1. The number of carboxylic acids is 1. The predicted octanol–water partition coefficient (Wildman–Crippen LogP) is 3.90. The average Bonchev–Trinajstić information content (AvgIpc) is 3.36. The molecule has 0 aliphatic carbocycles. The summed E-state index contributed by atoms with van der Waals surface area (Å²) in [6.07, 6.45) is -0.224. The Bertz CT molecular complexity index is 1690. The van der Waals surface area contributed by atoms with Gasteiger partial charge >= 0.3 is 35.5 Å². The van der Waals surface area contributed by atoms with Crippen molar-refractivity contribution in [2.24, 2.45) is 0 Å². The van der Waals surface area contributed by atoms with Crippen molar-refractivity contribution in [2.75, 3.05) is 7.11 Å². The SMILES string of the molecule is COc1ccc([C@@H](C)NC(=O)c2c(-c3ccc(F)cc3)c(-c3ccc(F)cc3)c(C=C[C@@H](O)C[C@@H](O)CC(=O)O)n2C(C)C)cc1.[H-].[Na+]. The Hall–Kier alpha value is -3.80. The smallest absolute Gasteiger partial charge is 1.00 e. The molecule has 0 radical (unpaired) electrons. The van der Waals surface area contributed by atoms with Crippen LogP contribution in [-0.4, -0.2) is 51.1 Å². The van der Waals surface area contributed by atoms with Crippen LogP contribution in [-0.2, 0) is 4.79 Å². The van der Waals surface area contributed by atoms with Crippen molar-refractivity contribution in [3.05, 3.63) is 107 Å². The number of halogens is 2. The first-order valence-electron chi connectivity index (χ1n) is 14.9. The molecule has 0 saturated carbocycles. The molecule has 0 unspecified atom stereocenters. The van der Waals surface area contributed by atoms with E-state index in [2.05, 4.69) is 5.32 Å². The second kappa shape index (κ2) is 16.9. The van der Waals surface area contributed by atoms with Gasteiger partial charge in [-0.2, -0.15) is 0 Å². The van der Waals surface area contributed by atoms with Gasteiger partial charge in [-0.05, 0) is 79.9 Å². The van der Waals surface area contributed by atoms with Crippen LogP contribution in [0.15, 0.2) is 78.9 Å². The van der Waals surface area contributed by atoms with Gasteiger partial charge in [0.25, 0.3) is 5.91 Å². The summed E-state index contributed by atoms with van der Waals surface area (Å²) >= 11 is 0. The molecule has 0 aliphatic rings. The number of hydrogen-bond donors (Lipinski definition) is 4. The molecule has 4 rings (SSSR count). The molecule has 1 aromatic heterocycles. The molecule has 11 heteroatoms. The van der Waals surface area contributed by atoms with Crippen LogP contribution in [0, 0.1) is 11.6 Å². The van der Waals surface area contributed by atoms with E-state index >= 15 is 0 Å². The molecule has 3 aromatic carbocycles. The fraction of sp³-hybridized carbons (Fsp3) is 0.278. The number of methoxy groups -OCH3 is 1. The molecule has 1 amide bonds. The predicted molar refractivity (Wildman–Crippen MR) is 174 cm³/mol. The molecule has 244 valence electrons. The molecule has 0 spiro atoms. The van der Waals surface area contributed by atoms with Crippen LogP contribution in [0.2, 0.25) is 0 Å². The number of carboxylic acid groups (broad SMARTS) is 1. The van der Waals surface area contributed by atoms with E-state index in [0.717, 1.165) is 5.56 Å². The third kappa shape index (κ3) is 9.39. The Morgan fingerprint density at radius 3 is 1.91 bits per heavy atom. The number of nitrogens with one attached hydrogen (secondary N) is 1. The van der Waals surface area contributed by atoms with Crippen molar-refractivity contribution in [1.82, 2.24) is 9.88 Å². The zero-order valence-electron chi connectivity index (χ0n) is 28.1. The molecule has 4 aromatic rings. The normalized spacial score (nSPS) is 13.2. The van der Waals surface area contributed by atoms with Crippen molar-refractivity contribution >= 4 is 18.0 Å². The molecule has 47 heavy (non-hydrogen) atoms. The molecule has 0 saturated heterocycles. The van der Waals surface area contributed by atoms with Crippen LogP contribution in [0.25, 0.3) is 28.3 Å². The third-order valence-corrected chi connectivity index (χ3v) is 7.60. The van der Waals surface area contributed by atoms with Gasteiger partial charge in [0.2, 0.25) is 0 Å². The van der Waals surface area contributed by atoms with Gasteiger partial charge in [-0.3, -0.25) is 9.59 Å². The van der Waals surface area contributed by atoms with Crippen molar-refractivity contribution in [3.8, 4) is 28.0 Å². The van der Waals surface area contributed by atoms with Gasteiger partial charge < -0.3 is 31.4 Å². The maximum absolute atomic E-state index is 14.3. The number of benzene rings is 3. The minimum absolute atomic E-state index is 0. The molecular formula is C36H39F2N2NaO6. The maximum Gasteiger partial charge on any atom is 1.00 e. The number of aromatic nitrogens is 1. The van der Waals surface area contributed by atoms with Crippen molar-refractivity contribution in [1.29, 1.82) is 0 Å². The molecule has 4 N–H and O–H groups in total. The fourth-order valence-electron chi connectivity index (χ4n) is 5.42. The average molecular weight is 657 g/mol. The Morgan fingerprint density at radius 2 is 1.43 bits per heavy atom. The summed E-state index contributed by atoms with van der Waals surface area (Å²) in [4.78, 5) is 25.3.